The standard InChI is InChI=1S/C22H18ClFN4OS/c1-3-10-28-13(2)18(19(25-22(28)30)14-6-4-8-16(23)11-14)21-26-20(27-29-21)15-7-5-9-17(24)12-15/h3-9,11-12,19H,1,10H2,2H3,(H,25,30). The Bertz CT molecular complexity index is 1160. The van der Waals surface area contributed by atoms with Crippen LogP contribution in [0.2, 0.25) is 5.02 Å². The van der Waals surface area contributed by atoms with Crippen LogP contribution < -0.4 is 5.32 Å². The minimum Gasteiger partial charge on any atom is -0.351 e. The van der Waals surface area contributed by atoms with E-state index in [1.54, 1.807) is 24.3 Å². The number of hydrogen-bond donors (Lipinski definition) is 1. The number of benzene rings is 2. The summed E-state index contributed by atoms with van der Waals surface area (Å²) >= 11 is 11.8. The van der Waals surface area contributed by atoms with E-state index < -0.39 is 0 Å². The van der Waals surface area contributed by atoms with Gasteiger partial charge in [-0.2, -0.15) is 4.98 Å². The second kappa shape index (κ2) is 8.38. The van der Waals surface area contributed by atoms with Crippen LogP contribution in [0.4, 0.5) is 4.39 Å². The number of hydrogen-bond acceptors (Lipinski definition) is 4. The molecule has 3 aromatic rings. The van der Waals surface area contributed by atoms with E-state index in [2.05, 4.69) is 22.0 Å². The molecule has 0 bridgehead atoms. The van der Waals surface area contributed by atoms with Gasteiger partial charge in [0.1, 0.15) is 5.82 Å². The summed E-state index contributed by atoms with van der Waals surface area (Å²) in [7, 11) is 0. The summed E-state index contributed by atoms with van der Waals surface area (Å²) < 4.78 is 19.2. The molecule has 0 radical (unpaired) electrons. The van der Waals surface area contributed by atoms with E-state index in [9.17, 15) is 4.39 Å². The fraction of sp³-hybridized carbons (Fsp3) is 0.136. The van der Waals surface area contributed by atoms with Crippen molar-refractivity contribution in [1.29, 1.82) is 0 Å². The summed E-state index contributed by atoms with van der Waals surface area (Å²) in [5.41, 5.74) is 3.06. The maximum absolute atomic E-state index is 13.6. The molecule has 1 unspecified atom stereocenters. The normalized spacial score (nSPS) is 16.6. The smallest absolute Gasteiger partial charge is 0.258 e. The van der Waals surface area contributed by atoms with Crippen LogP contribution in [0.15, 0.2) is 71.4 Å². The number of rotatable bonds is 5. The van der Waals surface area contributed by atoms with Gasteiger partial charge in [0.05, 0.1) is 11.6 Å². The highest BCUT2D eigenvalue weighted by Crippen LogP contribution is 2.38. The van der Waals surface area contributed by atoms with E-state index in [4.69, 9.17) is 28.3 Å². The number of nitrogens with one attached hydrogen (secondary N) is 1. The Hall–Kier alpha value is -3.03. The molecule has 0 fully saturated rings. The van der Waals surface area contributed by atoms with Gasteiger partial charge in [-0.05, 0) is 49.0 Å². The highest BCUT2D eigenvalue weighted by atomic mass is 35.5. The summed E-state index contributed by atoms with van der Waals surface area (Å²) in [6.45, 7) is 6.27. The zero-order chi connectivity index (χ0) is 21.3. The third kappa shape index (κ3) is 3.86. The summed E-state index contributed by atoms with van der Waals surface area (Å²) in [6.07, 6.45) is 1.76. The SMILES string of the molecule is C=CCN1C(=S)NC(c2cccc(Cl)c2)C(c2nc(-c3cccc(F)c3)no2)=C1C. The van der Waals surface area contributed by atoms with Crippen molar-refractivity contribution in [2.24, 2.45) is 0 Å². The lowest BCUT2D eigenvalue weighted by molar-refractivity contribution is 0.399. The first-order chi connectivity index (χ1) is 14.5. The minimum absolute atomic E-state index is 0.304. The van der Waals surface area contributed by atoms with Crippen molar-refractivity contribution in [3.8, 4) is 11.4 Å². The van der Waals surface area contributed by atoms with Crippen LogP contribution >= 0.6 is 23.8 Å². The second-order valence-corrected chi connectivity index (χ2v) is 7.59. The number of nitrogens with zero attached hydrogens (tertiary/aromatic N) is 3. The molecule has 0 aliphatic carbocycles. The topological polar surface area (TPSA) is 54.2 Å². The lowest BCUT2D eigenvalue weighted by Gasteiger charge is -2.36. The van der Waals surface area contributed by atoms with E-state index in [1.165, 1.54) is 12.1 Å². The molecule has 0 saturated carbocycles. The maximum atomic E-state index is 13.6. The van der Waals surface area contributed by atoms with Crippen molar-refractivity contribution in [1.82, 2.24) is 20.4 Å². The Morgan fingerprint density at radius 1 is 1.30 bits per heavy atom. The van der Waals surface area contributed by atoms with Crippen molar-refractivity contribution in [3.63, 3.8) is 0 Å². The predicted molar refractivity (Wildman–Crippen MR) is 119 cm³/mol. The average Bonchev–Trinajstić information content (AvgIpc) is 3.20. The number of aromatic nitrogens is 2. The van der Waals surface area contributed by atoms with Crippen LogP contribution in [-0.2, 0) is 0 Å². The minimum atomic E-state index is -0.368. The Kier molecular flexibility index (Phi) is 5.65. The van der Waals surface area contributed by atoms with Crippen molar-refractivity contribution in [2.45, 2.75) is 13.0 Å². The molecule has 1 atom stereocenters. The van der Waals surface area contributed by atoms with Gasteiger partial charge < -0.3 is 14.7 Å². The molecule has 0 saturated heterocycles. The lowest BCUT2D eigenvalue weighted by Crippen LogP contribution is -2.45. The van der Waals surface area contributed by atoms with Gasteiger partial charge in [-0.1, -0.05) is 47.1 Å². The van der Waals surface area contributed by atoms with E-state index in [0.717, 1.165) is 16.8 Å². The molecule has 152 valence electrons. The molecule has 4 rings (SSSR count). The largest absolute Gasteiger partial charge is 0.351 e. The van der Waals surface area contributed by atoms with Crippen molar-refractivity contribution in [3.05, 3.63) is 89.2 Å². The molecular formula is C22H18ClFN4OS. The Morgan fingerprint density at radius 2 is 2.10 bits per heavy atom. The summed E-state index contributed by atoms with van der Waals surface area (Å²) in [5, 5.41) is 8.57. The lowest BCUT2D eigenvalue weighted by atomic mass is 9.95. The van der Waals surface area contributed by atoms with Crippen molar-refractivity contribution < 1.29 is 8.91 Å². The second-order valence-electron chi connectivity index (χ2n) is 6.77. The van der Waals surface area contributed by atoms with Gasteiger partial charge in [0.25, 0.3) is 5.89 Å². The van der Waals surface area contributed by atoms with Crippen LogP contribution in [0.1, 0.15) is 24.4 Å². The highest BCUT2D eigenvalue weighted by molar-refractivity contribution is 7.80. The zero-order valence-electron chi connectivity index (χ0n) is 16.1. The van der Waals surface area contributed by atoms with Gasteiger partial charge in [0.2, 0.25) is 5.82 Å². The van der Waals surface area contributed by atoms with Crippen LogP contribution in [0.5, 0.6) is 0 Å². The first-order valence-electron chi connectivity index (χ1n) is 9.23. The number of halogens is 2. The van der Waals surface area contributed by atoms with Crippen LogP contribution in [0.3, 0.4) is 0 Å². The third-order valence-electron chi connectivity index (χ3n) is 4.83. The quantitative estimate of drug-likeness (QED) is 0.424. The Balaban J connectivity index is 1.83. The van der Waals surface area contributed by atoms with E-state index >= 15 is 0 Å². The molecule has 0 spiro atoms. The molecule has 0 amide bonds. The third-order valence-corrected chi connectivity index (χ3v) is 5.40. The molecule has 5 nitrogen and oxygen atoms in total. The van der Waals surface area contributed by atoms with E-state index in [1.807, 2.05) is 30.0 Å². The molecule has 2 aromatic carbocycles. The summed E-state index contributed by atoms with van der Waals surface area (Å²) in [5.74, 6) is 0.256. The number of thiocarbonyl (C=S) groups is 1. The average molecular weight is 441 g/mol. The fourth-order valence-corrected chi connectivity index (χ4v) is 3.95. The van der Waals surface area contributed by atoms with Crippen LogP contribution in [-0.4, -0.2) is 26.7 Å². The Morgan fingerprint density at radius 3 is 2.83 bits per heavy atom. The molecule has 2 heterocycles. The fourth-order valence-electron chi connectivity index (χ4n) is 3.42. The van der Waals surface area contributed by atoms with Crippen LogP contribution in [0, 0.1) is 5.82 Å². The predicted octanol–water partition coefficient (Wildman–Crippen LogP) is 5.38. The van der Waals surface area contributed by atoms with Gasteiger partial charge in [-0.15, -0.1) is 6.58 Å². The zero-order valence-corrected chi connectivity index (χ0v) is 17.7. The van der Waals surface area contributed by atoms with E-state index in [-0.39, 0.29) is 11.9 Å². The molecule has 1 aliphatic heterocycles. The van der Waals surface area contributed by atoms with Crippen LogP contribution in [0.25, 0.3) is 17.0 Å². The van der Waals surface area contributed by atoms with Gasteiger partial charge in [-0.3, -0.25) is 0 Å². The first kappa shape index (κ1) is 20.3. The monoisotopic (exact) mass is 440 g/mol. The maximum Gasteiger partial charge on any atom is 0.258 e. The van der Waals surface area contributed by atoms with Gasteiger partial charge >= 0.3 is 0 Å². The summed E-state index contributed by atoms with van der Waals surface area (Å²) in [6, 6.07) is 13.2. The molecule has 30 heavy (non-hydrogen) atoms. The molecule has 8 heteroatoms. The van der Waals surface area contributed by atoms with Crippen molar-refractivity contribution >= 4 is 34.5 Å². The van der Waals surface area contributed by atoms with E-state index in [0.29, 0.717) is 34.0 Å². The molecule has 1 aliphatic rings. The Labute approximate surface area is 183 Å². The van der Waals surface area contributed by atoms with Gasteiger partial charge in [0, 0.05) is 22.8 Å². The van der Waals surface area contributed by atoms with Crippen molar-refractivity contribution in [2.75, 3.05) is 6.54 Å². The molecular weight excluding hydrogens is 423 g/mol. The molecule has 1 N–H and O–H groups in total. The molecule has 1 aromatic heterocycles. The van der Waals surface area contributed by atoms with Gasteiger partial charge in [-0.25, -0.2) is 4.39 Å². The first-order valence-corrected chi connectivity index (χ1v) is 10.0. The number of allylic oxidation sites excluding steroid dienone is 1. The van der Waals surface area contributed by atoms with Gasteiger partial charge in [0.15, 0.2) is 5.11 Å². The summed E-state index contributed by atoms with van der Waals surface area (Å²) in [4.78, 5) is 6.45. The highest BCUT2D eigenvalue weighted by Gasteiger charge is 2.33.